The number of nitrogens with zero attached hydrogens (tertiary/aromatic N) is 5. The summed E-state index contributed by atoms with van der Waals surface area (Å²) >= 11 is 0. The van der Waals surface area contributed by atoms with E-state index < -0.39 is 53.9 Å². The van der Waals surface area contributed by atoms with Crippen molar-refractivity contribution in [2.45, 2.75) is 63.7 Å². The first-order valence-electron chi connectivity index (χ1n) is 28.4. The fourth-order valence-corrected chi connectivity index (χ4v) is 8.95. The maximum Gasteiger partial charge on any atom is 0.344 e. The number of carbonyl (C=O) groups is 9. The Hall–Kier alpha value is -8.28. The second-order valence-corrected chi connectivity index (χ2v) is 20.0. The molecule has 0 bridgehead atoms. The van der Waals surface area contributed by atoms with Gasteiger partial charge >= 0.3 is 23.9 Å². The number of phenols is 1. The second kappa shape index (κ2) is 39.3. The number of ether oxygens (including phenoxy) is 1. The topological polar surface area (TPSA) is 391 Å². The maximum atomic E-state index is 14.5. The zero-order valence-corrected chi connectivity index (χ0v) is 48.2. The van der Waals surface area contributed by atoms with Crippen LogP contribution in [0.4, 0.5) is 10.5 Å². The molecule has 1 heterocycles. The number of aliphatic carboxylic acids is 3. The number of aromatic hydroxyl groups is 1. The van der Waals surface area contributed by atoms with E-state index in [0.717, 1.165) is 11.3 Å². The molecule has 3 aromatic rings. The molecule has 28 nitrogen and oxygen atoms in total. The lowest BCUT2D eigenvalue weighted by Crippen LogP contribution is -2.54. The van der Waals surface area contributed by atoms with E-state index >= 15 is 0 Å². The van der Waals surface area contributed by atoms with E-state index in [-0.39, 0.29) is 154 Å². The van der Waals surface area contributed by atoms with Crippen molar-refractivity contribution in [3.8, 4) is 5.75 Å². The summed E-state index contributed by atoms with van der Waals surface area (Å²) in [5, 5.41) is 61.5. The predicted molar refractivity (Wildman–Crippen MR) is 315 cm³/mol. The van der Waals surface area contributed by atoms with Crippen LogP contribution in [0.3, 0.4) is 0 Å². The van der Waals surface area contributed by atoms with Crippen LogP contribution in [0.25, 0.3) is 0 Å². The van der Waals surface area contributed by atoms with Crippen LogP contribution in [-0.4, -0.2) is 237 Å². The third-order valence-corrected chi connectivity index (χ3v) is 13.4. The van der Waals surface area contributed by atoms with E-state index in [1.54, 1.807) is 38.7 Å². The van der Waals surface area contributed by atoms with E-state index in [9.17, 15) is 63.6 Å². The fourth-order valence-electron chi connectivity index (χ4n) is 8.95. The highest BCUT2D eigenvalue weighted by Gasteiger charge is 2.29. The number of guanidine groups is 1. The molecule has 1 aliphatic heterocycles. The molecule has 4 rings (SSSR count). The number of carboxylic acid groups (broad SMARTS) is 3. The van der Waals surface area contributed by atoms with E-state index in [1.807, 2.05) is 54.6 Å². The minimum atomic E-state index is -1.06. The number of nitrogens with one attached hydrogen (secondary N) is 8. The van der Waals surface area contributed by atoms with Crippen molar-refractivity contribution in [2.75, 3.05) is 130 Å². The monoisotopic (exact) mass is 1190 g/mol. The Bertz CT molecular complexity index is 2590. The van der Waals surface area contributed by atoms with Gasteiger partial charge < -0.3 is 72.9 Å². The van der Waals surface area contributed by atoms with Gasteiger partial charge in [-0.05, 0) is 60.2 Å². The first-order valence-corrected chi connectivity index (χ1v) is 28.4. The largest absolute Gasteiger partial charge is 0.508 e. The third-order valence-electron chi connectivity index (χ3n) is 13.4. The highest BCUT2D eigenvalue weighted by atomic mass is 16.5. The number of phenolic OH excluding ortho intramolecular Hbond substituents is 1. The first kappa shape index (κ1) is 69.2. The Balaban J connectivity index is 1.26. The van der Waals surface area contributed by atoms with Crippen LogP contribution in [0, 0.1) is 0 Å². The number of anilines is 1. The van der Waals surface area contributed by atoms with Gasteiger partial charge in [-0.25, -0.2) is 4.79 Å². The zero-order chi connectivity index (χ0) is 61.8. The zero-order valence-electron chi connectivity index (χ0n) is 48.2. The molecule has 466 valence electrons. The summed E-state index contributed by atoms with van der Waals surface area (Å²) < 4.78 is 5.70. The van der Waals surface area contributed by atoms with E-state index in [0.29, 0.717) is 49.8 Å². The standard InChI is InChI=1S/C57H84N14O14/c1-2-48(74)62-22-23-64-57(84)67-56(58)63-19-7-13-46(54(82)65-36-41-14-16-45(73)17-15-41)66-55(83)53(42-9-4-3-5-10-42)43-11-6-12-44(35-43)59-20-8-21-61-49(75)18-33-85-34-24-60-47(40-72)71-31-29-69(38-51(78)79)27-25-68(37-50(76)77)26-28-70(30-32-71)39-52(80)81/h3-6,9-12,14-17,35,40,46-47,53,59-60,73H,2,7-8,13,18-34,36-39H2,1H3,(H,61,75)(H,62,74)(H,65,82)(H,66,83)(H,76,77)(H,78,79)(H,80,81)(H4,58,63,64,67,84)/t46-,47?,53+/m1/s1. The highest BCUT2D eigenvalue weighted by molar-refractivity contribution is 5.93. The molecule has 0 spiro atoms. The summed E-state index contributed by atoms with van der Waals surface area (Å²) in [5.41, 5.74) is 8.72. The minimum Gasteiger partial charge on any atom is -0.508 e. The van der Waals surface area contributed by atoms with Crippen molar-refractivity contribution in [1.29, 1.82) is 0 Å². The average Bonchev–Trinajstić information content (AvgIpc) is 3.58. The van der Waals surface area contributed by atoms with Gasteiger partial charge in [0.1, 0.15) is 18.0 Å². The second-order valence-electron chi connectivity index (χ2n) is 20.0. The summed E-state index contributed by atoms with van der Waals surface area (Å²) in [7, 11) is 0. The van der Waals surface area contributed by atoms with Crippen molar-refractivity contribution in [1.82, 2.24) is 56.8 Å². The number of benzene rings is 3. The lowest BCUT2D eigenvalue weighted by Gasteiger charge is -2.35. The average molecular weight is 1190 g/mol. The summed E-state index contributed by atoms with van der Waals surface area (Å²) in [5.74, 6) is -5.35. The Morgan fingerprint density at radius 1 is 0.635 bits per heavy atom. The van der Waals surface area contributed by atoms with Gasteiger partial charge in [0, 0.05) is 117 Å². The molecular formula is C57H84N14O14. The summed E-state index contributed by atoms with van der Waals surface area (Å²) in [4.78, 5) is 122. The van der Waals surface area contributed by atoms with Gasteiger partial charge in [-0.1, -0.05) is 61.5 Å². The SMILES string of the molecule is CCC(=O)NCCNC(=O)/N=C(/N)NCCC[C@@H](NC(=O)[C@@H](c1ccccc1)c1cccc(NCCCNC(=O)CCOCCNC(C=O)N2CCN(CC(=O)O)CCN(CC(=O)O)CCN(CC(=O)O)CC2)c1)C(=O)NCc1ccc(O)cc1. The maximum absolute atomic E-state index is 14.5. The molecule has 1 unspecified atom stereocenters. The normalized spacial score (nSPS) is 15.1. The molecule has 1 fully saturated rings. The highest BCUT2D eigenvalue weighted by Crippen LogP contribution is 2.28. The van der Waals surface area contributed by atoms with Crippen LogP contribution in [0.15, 0.2) is 83.9 Å². The van der Waals surface area contributed by atoms with Crippen molar-refractivity contribution in [2.24, 2.45) is 10.7 Å². The minimum absolute atomic E-state index is 0.0739. The van der Waals surface area contributed by atoms with Gasteiger partial charge in [-0.3, -0.25) is 58.5 Å². The number of carboxylic acids is 3. The quantitative estimate of drug-likeness (QED) is 0.0148. The van der Waals surface area contributed by atoms with Crippen LogP contribution >= 0.6 is 0 Å². The molecule has 3 atom stereocenters. The molecule has 85 heavy (non-hydrogen) atoms. The summed E-state index contributed by atoms with van der Waals surface area (Å²) in [6.45, 7) is 4.85. The van der Waals surface area contributed by atoms with Crippen molar-refractivity contribution in [3.05, 3.63) is 95.6 Å². The summed E-state index contributed by atoms with van der Waals surface area (Å²) in [6, 6.07) is 21.1. The van der Waals surface area contributed by atoms with Crippen molar-refractivity contribution < 1.29 is 68.3 Å². The molecule has 3 aromatic carbocycles. The van der Waals surface area contributed by atoms with E-state index in [1.165, 1.54) is 12.1 Å². The molecule has 0 saturated carbocycles. The Labute approximate surface area is 494 Å². The van der Waals surface area contributed by atoms with Gasteiger partial charge in [0.15, 0.2) is 12.2 Å². The molecule has 28 heteroatoms. The Morgan fingerprint density at radius 3 is 1.84 bits per heavy atom. The van der Waals surface area contributed by atoms with E-state index in [4.69, 9.17) is 10.5 Å². The number of amides is 6. The number of carbonyl (C=O) groups excluding carboxylic acids is 6. The van der Waals surface area contributed by atoms with Crippen molar-refractivity contribution >= 4 is 65.5 Å². The third kappa shape index (κ3) is 28.7. The predicted octanol–water partition coefficient (Wildman–Crippen LogP) is -0.840. The van der Waals surface area contributed by atoms with Gasteiger partial charge in [0.25, 0.3) is 0 Å². The van der Waals surface area contributed by atoms with Crippen LogP contribution in [0.1, 0.15) is 61.6 Å². The van der Waals surface area contributed by atoms with E-state index in [2.05, 4.69) is 47.5 Å². The van der Waals surface area contributed by atoms with Crippen LogP contribution in [0.5, 0.6) is 5.75 Å². The number of hydrogen-bond acceptors (Lipinski definition) is 17. The summed E-state index contributed by atoms with van der Waals surface area (Å²) in [6.07, 6.45) is 1.34. The number of urea groups is 1. The van der Waals surface area contributed by atoms with Gasteiger partial charge in [0.2, 0.25) is 23.6 Å². The number of aliphatic imine (C=N–C) groups is 1. The van der Waals surface area contributed by atoms with Crippen LogP contribution in [0.2, 0.25) is 0 Å². The Kier molecular flexibility index (Phi) is 32.0. The number of rotatable bonds is 35. The van der Waals surface area contributed by atoms with Crippen molar-refractivity contribution in [3.63, 3.8) is 0 Å². The van der Waals surface area contributed by atoms with Gasteiger partial charge in [0.05, 0.1) is 38.8 Å². The number of hydrogen-bond donors (Lipinski definition) is 13. The van der Waals surface area contributed by atoms with Crippen LogP contribution in [-0.2, 0) is 49.6 Å². The molecule has 0 aliphatic carbocycles. The molecule has 0 radical (unpaired) electrons. The molecule has 14 N–H and O–H groups in total. The fraction of sp³-hybridized carbons (Fsp3) is 0.509. The molecule has 1 aliphatic rings. The Morgan fingerprint density at radius 2 is 1.22 bits per heavy atom. The number of nitrogens with two attached hydrogens (primary N) is 1. The number of aldehydes is 1. The lowest BCUT2D eigenvalue weighted by atomic mass is 9.89. The van der Waals surface area contributed by atoms with Gasteiger partial charge in [-0.15, -0.1) is 0 Å². The van der Waals surface area contributed by atoms with Gasteiger partial charge in [-0.2, -0.15) is 4.99 Å². The molecule has 0 aromatic heterocycles. The lowest BCUT2D eigenvalue weighted by molar-refractivity contribution is -0.140. The van der Waals surface area contributed by atoms with Crippen LogP contribution < -0.4 is 48.3 Å². The first-order chi connectivity index (χ1) is 40.9. The smallest absolute Gasteiger partial charge is 0.344 e. The molecule has 1 saturated heterocycles. The molecular weight excluding hydrogens is 1100 g/mol. The molecule has 6 amide bonds.